The number of piperidine rings is 1. The summed E-state index contributed by atoms with van der Waals surface area (Å²) < 4.78 is 3.37. The lowest BCUT2D eigenvalue weighted by molar-refractivity contribution is -0.122. The number of rotatable bonds is 7. The highest BCUT2D eigenvalue weighted by Crippen LogP contribution is 2.15. The van der Waals surface area contributed by atoms with Gasteiger partial charge in [0, 0.05) is 25.7 Å². The fraction of sp³-hybridized carbons (Fsp3) is 0.417. The Kier molecular flexibility index (Phi) is 6.33. The molecule has 0 spiro atoms. The van der Waals surface area contributed by atoms with Gasteiger partial charge in [0.05, 0.1) is 11.0 Å². The molecular weight excluding hydrogens is 376 g/mol. The van der Waals surface area contributed by atoms with Gasteiger partial charge in [0.1, 0.15) is 6.54 Å². The van der Waals surface area contributed by atoms with Crippen LogP contribution < -0.4 is 11.0 Å². The van der Waals surface area contributed by atoms with E-state index in [1.807, 2.05) is 30.3 Å². The van der Waals surface area contributed by atoms with Gasteiger partial charge < -0.3 is 5.32 Å². The number of hydrogen-bond acceptors (Lipinski definition) is 3. The van der Waals surface area contributed by atoms with Crippen LogP contribution in [0.1, 0.15) is 31.7 Å². The van der Waals surface area contributed by atoms with Crippen LogP contribution in [0.25, 0.3) is 11.0 Å². The second-order valence-corrected chi connectivity index (χ2v) is 8.14. The maximum atomic E-state index is 12.9. The van der Waals surface area contributed by atoms with Crippen LogP contribution in [0.2, 0.25) is 0 Å². The van der Waals surface area contributed by atoms with Crippen LogP contribution in [0.5, 0.6) is 0 Å². The van der Waals surface area contributed by atoms with E-state index in [9.17, 15) is 9.59 Å². The van der Waals surface area contributed by atoms with Gasteiger partial charge in [0.25, 0.3) is 0 Å². The summed E-state index contributed by atoms with van der Waals surface area (Å²) in [5.41, 5.74) is 2.90. The minimum atomic E-state index is -0.109. The van der Waals surface area contributed by atoms with Gasteiger partial charge in [0.15, 0.2) is 0 Å². The monoisotopic (exact) mass is 406 g/mol. The Labute approximate surface area is 177 Å². The smallest absolute Gasteiger partial charge is 0.329 e. The van der Waals surface area contributed by atoms with E-state index in [4.69, 9.17) is 0 Å². The zero-order valence-corrected chi connectivity index (χ0v) is 17.6. The molecule has 6 heteroatoms. The summed E-state index contributed by atoms with van der Waals surface area (Å²) in [6, 6.07) is 18.3. The first-order valence-corrected chi connectivity index (χ1v) is 10.9. The van der Waals surface area contributed by atoms with Crippen LogP contribution >= 0.6 is 0 Å². The van der Waals surface area contributed by atoms with Crippen molar-refractivity contribution in [2.75, 3.05) is 13.1 Å². The molecular formula is C24H30N4O2. The van der Waals surface area contributed by atoms with E-state index in [1.54, 1.807) is 9.13 Å². The lowest BCUT2D eigenvalue weighted by Crippen LogP contribution is -2.48. The molecule has 3 aromatic rings. The van der Waals surface area contributed by atoms with Crippen molar-refractivity contribution in [3.05, 3.63) is 70.6 Å². The molecule has 1 fully saturated rings. The first-order chi connectivity index (χ1) is 14.7. The van der Waals surface area contributed by atoms with Crippen molar-refractivity contribution in [3.8, 4) is 0 Å². The van der Waals surface area contributed by atoms with Crippen LogP contribution in [-0.2, 0) is 24.4 Å². The third-order valence-electron chi connectivity index (χ3n) is 5.79. The summed E-state index contributed by atoms with van der Waals surface area (Å²) in [7, 11) is 0. The Morgan fingerprint density at radius 1 is 1.03 bits per heavy atom. The molecule has 0 unspecified atom stereocenters. The molecule has 2 heterocycles. The van der Waals surface area contributed by atoms with Crippen molar-refractivity contribution in [2.24, 2.45) is 0 Å². The Balaban J connectivity index is 1.42. The van der Waals surface area contributed by atoms with Crippen molar-refractivity contribution in [2.45, 2.75) is 51.9 Å². The number of nitrogens with zero attached hydrogens (tertiary/aromatic N) is 3. The highest BCUT2D eigenvalue weighted by Gasteiger charge is 2.22. The molecule has 1 aromatic heterocycles. The summed E-state index contributed by atoms with van der Waals surface area (Å²) in [4.78, 5) is 28.1. The third kappa shape index (κ3) is 4.49. The van der Waals surface area contributed by atoms with Crippen LogP contribution in [0.4, 0.5) is 0 Å². The van der Waals surface area contributed by atoms with Gasteiger partial charge in [-0.1, -0.05) is 49.4 Å². The minimum Gasteiger partial charge on any atom is -0.351 e. The van der Waals surface area contributed by atoms with Crippen LogP contribution in [0, 0.1) is 0 Å². The summed E-state index contributed by atoms with van der Waals surface area (Å²) >= 11 is 0. The molecule has 4 rings (SSSR count). The lowest BCUT2D eigenvalue weighted by Gasteiger charge is -2.33. The minimum absolute atomic E-state index is 0.0608. The molecule has 1 saturated heterocycles. The van der Waals surface area contributed by atoms with Crippen LogP contribution in [0.3, 0.4) is 0 Å². The fourth-order valence-corrected chi connectivity index (χ4v) is 4.44. The van der Waals surface area contributed by atoms with Crippen LogP contribution in [-0.4, -0.2) is 39.1 Å². The summed E-state index contributed by atoms with van der Waals surface area (Å²) in [5, 5.41) is 3.17. The standard InChI is InChI=1S/C24H30N4O2/c1-2-14-27-21-12-6-7-13-22(21)28(24(27)30)18-23(29)25-20-11-8-15-26(17-20)16-19-9-4-3-5-10-19/h3-7,9-10,12-13,20H,2,8,11,14-18H2,1H3,(H,25,29)/t20-/m0/s1. The van der Waals surface area contributed by atoms with Crippen molar-refractivity contribution in [1.29, 1.82) is 0 Å². The van der Waals surface area contributed by atoms with E-state index in [0.717, 1.165) is 49.9 Å². The van der Waals surface area contributed by atoms with E-state index in [0.29, 0.717) is 6.54 Å². The predicted octanol–water partition coefficient (Wildman–Crippen LogP) is 2.99. The average Bonchev–Trinajstić information content (AvgIpc) is 3.01. The maximum Gasteiger partial charge on any atom is 0.329 e. The molecule has 1 amide bonds. The number of nitrogens with one attached hydrogen (secondary N) is 1. The fourth-order valence-electron chi connectivity index (χ4n) is 4.44. The number of para-hydroxylation sites is 2. The largest absolute Gasteiger partial charge is 0.351 e. The van der Waals surface area contributed by atoms with E-state index in [-0.39, 0.29) is 24.2 Å². The van der Waals surface area contributed by atoms with Gasteiger partial charge in [-0.2, -0.15) is 0 Å². The molecule has 1 aliphatic rings. The molecule has 158 valence electrons. The topological polar surface area (TPSA) is 59.3 Å². The molecule has 0 radical (unpaired) electrons. The molecule has 2 aromatic carbocycles. The van der Waals surface area contributed by atoms with Gasteiger partial charge in [-0.3, -0.25) is 18.8 Å². The summed E-state index contributed by atoms with van der Waals surface area (Å²) in [6.45, 7) is 5.56. The predicted molar refractivity (Wildman–Crippen MR) is 119 cm³/mol. The molecule has 1 atom stereocenters. The van der Waals surface area contributed by atoms with Gasteiger partial charge in [-0.05, 0) is 43.5 Å². The van der Waals surface area contributed by atoms with Gasteiger partial charge in [0.2, 0.25) is 5.91 Å². The second-order valence-electron chi connectivity index (χ2n) is 8.14. The Morgan fingerprint density at radius 2 is 1.73 bits per heavy atom. The number of carbonyl (C=O) groups is 1. The number of hydrogen-bond donors (Lipinski definition) is 1. The van der Waals surface area contributed by atoms with Crippen molar-refractivity contribution >= 4 is 16.9 Å². The van der Waals surface area contributed by atoms with Crippen molar-refractivity contribution in [3.63, 3.8) is 0 Å². The van der Waals surface area contributed by atoms with E-state index in [1.165, 1.54) is 5.56 Å². The lowest BCUT2D eigenvalue weighted by atomic mass is 10.0. The highest BCUT2D eigenvalue weighted by atomic mass is 16.2. The van der Waals surface area contributed by atoms with Crippen LogP contribution in [0.15, 0.2) is 59.4 Å². The van der Waals surface area contributed by atoms with Gasteiger partial charge >= 0.3 is 5.69 Å². The second kappa shape index (κ2) is 9.30. The zero-order chi connectivity index (χ0) is 20.9. The number of aromatic nitrogens is 2. The maximum absolute atomic E-state index is 12.9. The molecule has 0 saturated carbocycles. The third-order valence-corrected chi connectivity index (χ3v) is 5.79. The number of carbonyl (C=O) groups excluding carboxylic acids is 1. The zero-order valence-electron chi connectivity index (χ0n) is 17.6. The van der Waals surface area contributed by atoms with Crippen molar-refractivity contribution < 1.29 is 4.79 Å². The number of aryl methyl sites for hydroxylation is 1. The van der Waals surface area contributed by atoms with E-state index >= 15 is 0 Å². The molecule has 6 nitrogen and oxygen atoms in total. The number of imidazole rings is 1. The first-order valence-electron chi connectivity index (χ1n) is 10.9. The van der Waals surface area contributed by atoms with Gasteiger partial charge in [-0.15, -0.1) is 0 Å². The number of fused-ring (bicyclic) bond motifs is 1. The first kappa shape index (κ1) is 20.4. The number of amides is 1. The molecule has 30 heavy (non-hydrogen) atoms. The Hall–Kier alpha value is -2.86. The molecule has 1 N–H and O–H groups in total. The average molecular weight is 407 g/mol. The summed E-state index contributed by atoms with van der Waals surface area (Å²) in [6.07, 6.45) is 2.91. The Morgan fingerprint density at radius 3 is 2.47 bits per heavy atom. The summed E-state index contributed by atoms with van der Waals surface area (Å²) in [5.74, 6) is -0.0944. The molecule has 0 aliphatic carbocycles. The van der Waals surface area contributed by atoms with Gasteiger partial charge in [-0.25, -0.2) is 4.79 Å². The van der Waals surface area contributed by atoms with E-state index in [2.05, 4.69) is 41.4 Å². The number of likely N-dealkylation sites (tertiary alicyclic amines) is 1. The highest BCUT2D eigenvalue weighted by molar-refractivity contribution is 5.81. The SMILES string of the molecule is CCCn1c(=O)n(CC(=O)N[C@H]2CCCN(Cc3ccccc3)C2)c2ccccc21. The molecule has 1 aliphatic heterocycles. The normalized spacial score (nSPS) is 17.3. The van der Waals surface area contributed by atoms with Crippen molar-refractivity contribution in [1.82, 2.24) is 19.4 Å². The Bertz CT molecular complexity index is 1050. The number of benzene rings is 2. The molecule has 0 bridgehead atoms. The van der Waals surface area contributed by atoms with E-state index < -0.39 is 0 Å². The quantitative estimate of drug-likeness (QED) is 0.656.